The molecule has 154 valence electrons. The molecule has 31 heavy (non-hydrogen) atoms. The molecule has 1 aliphatic rings. The zero-order valence-corrected chi connectivity index (χ0v) is 17.6. The lowest BCUT2D eigenvalue weighted by Crippen LogP contribution is -2.20. The molecule has 0 spiro atoms. The van der Waals surface area contributed by atoms with Crippen molar-refractivity contribution in [1.29, 1.82) is 0 Å². The van der Waals surface area contributed by atoms with Crippen molar-refractivity contribution in [3.63, 3.8) is 0 Å². The number of aromatic nitrogens is 1. The molecule has 0 fully saturated rings. The number of H-pyrrole nitrogens is 1. The van der Waals surface area contributed by atoms with Gasteiger partial charge in [-0.05, 0) is 41.5 Å². The van der Waals surface area contributed by atoms with Crippen LogP contribution in [0.1, 0.15) is 23.6 Å². The highest BCUT2D eigenvalue weighted by atomic mass is 35.5. The van der Waals surface area contributed by atoms with Gasteiger partial charge in [-0.2, -0.15) is 5.10 Å². The average molecular weight is 430 g/mol. The number of fused-ring (bicyclic) bond motifs is 1. The number of benzene rings is 3. The SMILES string of the molecule is COc1cccc(C2CC(c3c(-c4ccccc4)c4cc(Cl)ccc4[nH]c3=O)=NN2)c1. The van der Waals surface area contributed by atoms with Gasteiger partial charge >= 0.3 is 0 Å². The van der Waals surface area contributed by atoms with Gasteiger partial charge in [0.2, 0.25) is 0 Å². The molecule has 0 bridgehead atoms. The average Bonchev–Trinajstić information content (AvgIpc) is 3.29. The predicted molar refractivity (Wildman–Crippen MR) is 125 cm³/mol. The van der Waals surface area contributed by atoms with E-state index >= 15 is 0 Å². The second-order valence-electron chi connectivity index (χ2n) is 7.48. The van der Waals surface area contributed by atoms with Crippen molar-refractivity contribution < 1.29 is 4.74 Å². The molecule has 1 atom stereocenters. The lowest BCUT2D eigenvalue weighted by Gasteiger charge is -2.14. The number of hydrogen-bond donors (Lipinski definition) is 2. The van der Waals surface area contributed by atoms with Crippen molar-refractivity contribution >= 4 is 28.2 Å². The van der Waals surface area contributed by atoms with Gasteiger partial charge in [-0.15, -0.1) is 0 Å². The molecule has 1 aromatic heterocycles. The Bertz CT molecular complexity index is 1360. The number of rotatable bonds is 4. The molecule has 0 aliphatic carbocycles. The lowest BCUT2D eigenvalue weighted by atomic mass is 9.91. The van der Waals surface area contributed by atoms with Gasteiger partial charge in [-0.3, -0.25) is 4.79 Å². The molecule has 5 nitrogen and oxygen atoms in total. The van der Waals surface area contributed by atoms with Crippen LogP contribution in [0.5, 0.6) is 5.75 Å². The van der Waals surface area contributed by atoms with Gasteiger partial charge in [0.25, 0.3) is 5.56 Å². The maximum Gasteiger partial charge on any atom is 0.258 e. The van der Waals surface area contributed by atoms with E-state index < -0.39 is 0 Å². The fourth-order valence-electron chi connectivity index (χ4n) is 4.09. The molecular formula is C25H20ClN3O2. The first-order valence-corrected chi connectivity index (χ1v) is 10.4. The Morgan fingerprint density at radius 2 is 1.84 bits per heavy atom. The van der Waals surface area contributed by atoms with E-state index in [0.29, 0.717) is 17.0 Å². The quantitative estimate of drug-likeness (QED) is 0.463. The highest BCUT2D eigenvalue weighted by molar-refractivity contribution is 6.31. The monoisotopic (exact) mass is 429 g/mol. The van der Waals surface area contributed by atoms with E-state index in [0.717, 1.165) is 39.1 Å². The molecule has 1 unspecified atom stereocenters. The van der Waals surface area contributed by atoms with Crippen LogP contribution in [0.25, 0.3) is 22.0 Å². The maximum atomic E-state index is 13.2. The Hall–Kier alpha value is -3.57. The minimum absolute atomic E-state index is 0.0387. The summed E-state index contributed by atoms with van der Waals surface area (Å²) in [7, 11) is 1.65. The Morgan fingerprint density at radius 1 is 1.00 bits per heavy atom. The summed E-state index contributed by atoms with van der Waals surface area (Å²) in [5.41, 5.74) is 7.90. The Kier molecular flexibility index (Phi) is 4.96. The number of methoxy groups -OCH3 is 1. The minimum atomic E-state index is -0.166. The largest absolute Gasteiger partial charge is 0.497 e. The van der Waals surface area contributed by atoms with Gasteiger partial charge in [-0.1, -0.05) is 54.1 Å². The zero-order chi connectivity index (χ0) is 21.4. The molecule has 3 aromatic carbocycles. The van der Waals surface area contributed by atoms with E-state index in [-0.39, 0.29) is 11.6 Å². The van der Waals surface area contributed by atoms with Crippen molar-refractivity contribution in [2.45, 2.75) is 12.5 Å². The number of halogens is 1. The first-order chi connectivity index (χ1) is 15.1. The minimum Gasteiger partial charge on any atom is -0.497 e. The highest BCUT2D eigenvalue weighted by Gasteiger charge is 2.27. The van der Waals surface area contributed by atoms with Gasteiger partial charge in [0.1, 0.15) is 5.75 Å². The molecule has 6 heteroatoms. The van der Waals surface area contributed by atoms with Crippen molar-refractivity contribution in [3.05, 3.63) is 99.3 Å². The molecule has 0 radical (unpaired) electrons. The molecule has 4 aromatic rings. The second-order valence-corrected chi connectivity index (χ2v) is 7.92. The van der Waals surface area contributed by atoms with E-state index in [2.05, 4.69) is 15.5 Å². The standard InChI is InChI=1S/C25H20ClN3O2/c1-31-18-9-5-8-16(12-18)21-14-22(29-28-21)24-23(15-6-3-2-4-7-15)19-13-17(26)10-11-20(19)27-25(24)30/h2-13,21,28H,14H2,1H3,(H,27,30). The van der Waals surface area contributed by atoms with Gasteiger partial charge < -0.3 is 15.1 Å². The molecule has 5 rings (SSSR count). The molecule has 0 saturated heterocycles. The Balaban J connectivity index is 1.65. The summed E-state index contributed by atoms with van der Waals surface area (Å²) in [5.74, 6) is 0.788. The third-order valence-electron chi connectivity index (χ3n) is 5.58. The summed E-state index contributed by atoms with van der Waals surface area (Å²) in [6, 6.07) is 23.2. The third kappa shape index (κ3) is 3.57. The van der Waals surface area contributed by atoms with Gasteiger partial charge in [0.15, 0.2) is 0 Å². The molecule has 2 N–H and O–H groups in total. The topological polar surface area (TPSA) is 66.5 Å². The van der Waals surface area contributed by atoms with Crippen molar-refractivity contribution in [2.24, 2.45) is 5.10 Å². The first-order valence-electron chi connectivity index (χ1n) is 10.0. The smallest absolute Gasteiger partial charge is 0.258 e. The Morgan fingerprint density at radius 3 is 2.65 bits per heavy atom. The number of hydrogen-bond acceptors (Lipinski definition) is 4. The van der Waals surface area contributed by atoms with Crippen molar-refractivity contribution in [1.82, 2.24) is 10.4 Å². The van der Waals surface area contributed by atoms with E-state index in [1.165, 1.54) is 0 Å². The lowest BCUT2D eigenvalue weighted by molar-refractivity contribution is 0.413. The summed E-state index contributed by atoms with van der Waals surface area (Å²) < 4.78 is 5.35. The maximum absolute atomic E-state index is 13.2. The molecule has 0 saturated carbocycles. The summed E-state index contributed by atoms with van der Waals surface area (Å²) >= 11 is 6.32. The number of aromatic amines is 1. The number of nitrogens with one attached hydrogen (secondary N) is 2. The van der Waals surface area contributed by atoms with Crippen LogP contribution >= 0.6 is 11.6 Å². The molecule has 0 amide bonds. The molecule has 1 aliphatic heterocycles. The number of ether oxygens (including phenoxy) is 1. The summed E-state index contributed by atoms with van der Waals surface area (Å²) in [4.78, 5) is 16.2. The normalized spacial score (nSPS) is 15.5. The third-order valence-corrected chi connectivity index (χ3v) is 5.81. The predicted octanol–water partition coefficient (Wildman–Crippen LogP) is 5.30. The van der Waals surface area contributed by atoms with Crippen LogP contribution in [0.4, 0.5) is 0 Å². The number of nitrogens with zero attached hydrogens (tertiary/aromatic N) is 1. The summed E-state index contributed by atoms with van der Waals surface area (Å²) in [5, 5.41) is 6.07. The molecule has 2 heterocycles. The fourth-order valence-corrected chi connectivity index (χ4v) is 4.27. The van der Waals surface area contributed by atoms with Crippen LogP contribution in [0.2, 0.25) is 5.02 Å². The van der Waals surface area contributed by atoms with Crippen LogP contribution in [0, 0.1) is 0 Å². The van der Waals surface area contributed by atoms with E-state index in [1.807, 2.05) is 66.7 Å². The van der Waals surface area contributed by atoms with E-state index in [4.69, 9.17) is 16.3 Å². The number of hydrazone groups is 1. The van der Waals surface area contributed by atoms with Gasteiger partial charge in [-0.25, -0.2) is 0 Å². The van der Waals surface area contributed by atoms with Crippen LogP contribution in [0.3, 0.4) is 0 Å². The fraction of sp³-hybridized carbons (Fsp3) is 0.120. The molecular weight excluding hydrogens is 410 g/mol. The van der Waals surface area contributed by atoms with Gasteiger partial charge in [0.05, 0.1) is 24.4 Å². The van der Waals surface area contributed by atoms with Crippen molar-refractivity contribution in [3.8, 4) is 16.9 Å². The van der Waals surface area contributed by atoms with Crippen LogP contribution in [-0.2, 0) is 0 Å². The van der Waals surface area contributed by atoms with Crippen molar-refractivity contribution in [2.75, 3.05) is 7.11 Å². The highest BCUT2D eigenvalue weighted by Crippen LogP contribution is 2.34. The van der Waals surface area contributed by atoms with E-state index in [9.17, 15) is 4.79 Å². The second kappa shape index (κ2) is 7.93. The first kappa shape index (κ1) is 19.4. The Labute approximate surface area is 184 Å². The number of pyridine rings is 1. The van der Waals surface area contributed by atoms with Crippen LogP contribution in [-0.4, -0.2) is 17.8 Å². The van der Waals surface area contributed by atoms with Gasteiger partial charge in [0, 0.05) is 27.9 Å². The summed E-state index contributed by atoms with van der Waals surface area (Å²) in [6.45, 7) is 0. The summed E-state index contributed by atoms with van der Waals surface area (Å²) in [6.07, 6.45) is 0.585. The van der Waals surface area contributed by atoms with Crippen LogP contribution in [0.15, 0.2) is 82.7 Å². The zero-order valence-electron chi connectivity index (χ0n) is 16.9. The van der Waals surface area contributed by atoms with E-state index in [1.54, 1.807) is 13.2 Å². The van der Waals surface area contributed by atoms with Crippen LogP contribution < -0.4 is 15.7 Å².